The van der Waals surface area contributed by atoms with Crippen LogP contribution in [-0.2, 0) is 4.74 Å². The standard InChI is InChI=1S/C19H28N4O/c1-2-15-6-7-17-18(20-14-15)21-19(24-17)23-12-8-16(9-13-23)22-10-4-3-5-11-22/h2,6,14,16-17,19H,1,3-5,7-13H2. The molecular weight excluding hydrogens is 300 g/mol. The maximum Gasteiger partial charge on any atom is 0.209 e. The molecule has 0 aromatic rings. The quantitative estimate of drug-likeness (QED) is 0.799. The number of rotatable bonds is 3. The van der Waals surface area contributed by atoms with E-state index in [1.807, 2.05) is 12.3 Å². The van der Waals surface area contributed by atoms with E-state index in [2.05, 4.69) is 27.4 Å². The molecule has 0 radical (unpaired) electrons. The monoisotopic (exact) mass is 328 g/mol. The summed E-state index contributed by atoms with van der Waals surface area (Å²) in [7, 11) is 0. The van der Waals surface area contributed by atoms with Crippen LogP contribution in [0.3, 0.4) is 0 Å². The van der Waals surface area contributed by atoms with E-state index in [1.165, 1.54) is 45.2 Å². The third-order valence-electron chi connectivity index (χ3n) is 5.68. The second-order valence-electron chi connectivity index (χ2n) is 7.20. The van der Waals surface area contributed by atoms with Gasteiger partial charge in [0.25, 0.3) is 0 Å². The lowest BCUT2D eigenvalue weighted by atomic mass is 10.00. The van der Waals surface area contributed by atoms with Gasteiger partial charge in [-0.25, -0.2) is 9.98 Å². The Bertz CT molecular complexity index is 554. The van der Waals surface area contributed by atoms with Crippen molar-refractivity contribution in [2.45, 2.75) is 57.0 Å². The zero-order chi connectivity index (χ0) is 16.4. The van der Waals surface area contributed by atoms with Gasteiger partial charge in [0.1, 0.15) is 6.10 Å². The highest BCUT2D eigenvalue weighted by molar-refractivity contribution is 5.99. The van der Waals surface area contributed by atoms with Gasteiger partial charge in [-0.1, -0.05) is 25.2 Å². The summed E-state index contributed by atoms with van der Waals surface area (Å²) in [4.78, 5) is 14.3. The van der Waals surface area contributed by atoms with Gasteiger partial charge in [0.2, 0.25) is 6.35 Å². The van der Waals surface area contributed by atoms with Gasteiger partial charge >= 0.3 is 0 Å². The molecule has 2 unspecified atom stereocenters. The highest BCUT2D eigenvalue weighted by atomic mass is 16.5. The van der Waals surface area contributed by atoms with Crippen molar-refractivity contribution in [3.05, 3.63) is 24.3 Å². The van der Waals surface area contributed by atoms with Crippen molar-refractivity contribution < 1.29 is 4.74 Å². The summed E-state index contributed by atoms with van der Waals surface area (Å²) in [5, 5.41) is 0. The number of hydrogen-bond donors (Lipinski definition) is 0. The van der Waals surface area contributed by atoms with Crippen LogP contribution in [0.2, 0.25) is 0 Å². The maximum atomic E-state index is 6.17. The normalized spacial score (nSPS) is 32.8. The van der Waals surface area contributed by atoms with Crippen molar-refractivity contribution in [3.8, 4) is 0 Å². The fourth-order valence-corrected chi connectivity index (χ4v) is 4.21. The molecule has 4 aliphatic heterocycles. The van der Waals surface area contributed by atoms with E-state index in [-0.39, 0.29) is 12.5 Å². The molecule has 2 saturated heterocycles. The second kappa shape index (κ2) is 7.30. The molecule has 4 aliphatic rings. The minimum Gasteiger partial charge on any atom is -0.332 e. The number of aliphatic imine (C=N–C) groups is 2. The topological polar surface area (TPSA) is 40.4 Å². The molecule has 0 amide bonds. The summed E-state index contributed by atoms with van der Waals surface area (Å²) in [6, 6.07) is 0.761. The summed E-state index contributed by atoms with van der Waals surface area (Å²) in [6.45, 7) is 8.54. The molecule has 130 valence electrons. The van der Waals surface area contributed by atoms with Crippen LogP contribution in [0.1, 0.15) is 38.5 Å². The Morgan fingerprint density at radius 3 is 2.62 bits per heavy atom. The minimum absolute atomic E-state index is 0.00326. The third kappa shape index (κ3) is 3.39. The van der Waals surface area contributed by atoms with Crippen LogP contribution in [0.25, 0.3) is 0 Å². The molecule has 0 spiro atoms. The number of nitrogens with zero attached hydrogens (tertiary/aromatic N) is 4. The Morgan fingerprint density at radius 2 is 1.88 bits per heavy atom. The van der Waals surface area contributed by atoms with Crippen molar-refractivity contribution in [1.82, 2.24) is 9.80 Å². The number of ether oxygens (including phenoxy) is 1. The SMILES string of the molecule is C=CC1=CCC2OC(N3CCC(N4CCCCC4)CC3)N=C2N=C1. The molecule has 2 atom stereocenters. The first-order valence-corrected chi connectivity index (χ1v) is 9.41. The predicted molar refractivity (Wildman–Crippen MR) is 97.5 cm³/mol. The first-order chi connectivity index (χ1) is 11.8. The van der Waals surface area contributed by atoms with Crippen molar-refractivity contribution in [2.24, 2.45) is 9.98 Å². The largest absolute Gasteiger partial charge is 0.332 e. The zero-order valence-corrected chi connectivity index (χ0v) is 14.4. The van der Waals surface area contributed by atoms with Gasteiger partial charge in [0, 0.05) is 25.3 Å². The maximum absolute atomic E-state index is 6.17. The van der Waals surface area contributed by atoms with Crippen LogP contribution in [0.15, 0.2) is 34.3 Å². The molecule has 0 saturated carbocycles. The van der Waals surface area contributed by atoms with E-state index < -0.39 is 0 Å². The molecule has 5 nitrogen and oxygen atoms in total. The Balaban J connectivity index is 1.33. The Kier molecular flexibility index (Phi) is 4.92. The summed E-state index contributed by atoms with van der Waals surface area (Å²) in [6.07, 6.45) is 13.1. The van der Waals surface area contributed by atoms with Gasteiger partial charge in [-0.3, -0.25) is 4.90 Å². The van der Waals surface area contributed by atoms with Gasteiger partial charge in [0.15, 0.2) is 5.84 Å². The van der Waals surface area contributed by atoms with E-state index in [0.29, 0.717) is 0 Å². The fraction of sp³-hybridized carbons (Fsp3) is 0.684. The number of fused-ring (bicyclic) bond motifs is 1. The van der Waals surface area contributed by atoms with Crippen LogP contribution in [0.5, 0.6) is 0 Å². The summed E-state index contributed by atoms with van der Waals surface area (Å²) in [5.74, 6) is 0.839. The average Bonchev–Trinajstić information content (AvgIpc) is 2.96. The second-order valence-corrected chi connectivity index (χ2v) is 7.20. The predicted octanol–water partition coefficient (Wildman–Crippen LogP) is 2.60. The van der Waals surface area contributed by atoms with E-state index in [1.54, 1.807) is 0 Å². The lowest BCUT2D eigenvalue weighted by Gasteiger charge is -2.41. The number of amidine groups is 1. The van der Waals surface area contributed by atoms with Gasteiger partial charge < -0.3 is 9.64 Å². The van der Waals surface area contributed by atoms with Crippen LogP contribution >= 0.6 is 0 Å². The van der Waals surface area contributed by atoms with Crippen LogP contribution < -0.4 is 0 Å². The van der Waals surface area contributed by atoms with E-state index in [4.69, 9.17) is 9.73 Å². The average molecular weight is 328 g/mol. The molecule has 4 heterocycles. The first kappa shape index (κ1) is 16.2. The molecular formula is C19H28N4O. The first-order valence-electron chi connectivity index (χ1n) is 9.41. The van der Waals surface area contributed by atoms with Gasteiger partial charge in [0.05, 0.1) is 0 Å². The lowest BCUT2D eigenvalue weighted by molar-refractivity contribution is -0.0710. The highest BCUT2D eigenvalue weighted by Crippen LogP contribution is 2.27. The number of allylic oxidation sites excluding steroid dienone is 2. The van der Waals surface area contributed by atoms with Crippen molar-refractivity contribution in [2.75, 3.05) is 26.2 Å². The van der Waals surface area contributed by atoms with Crippen molar-refractivity contribution in [1.29, 1.82) is 0 Å². The molecule has 0 bridgehead atoms. The molecule has 5 heteroatoms. The van der Waals surface area contributed by atoms with Gasteiger partial charge in [-0.2, -0.15) is 0 Å². The summed E-state index contributed by atoms with van der Waals surface area (Å²) >= 11 is 0. The molecule has 4 rings (SSSR count). The molecule has 2 fully saturated rings. The Labute approximate surface area is 144 Å². The molecule has 0 aliphatic carbocycles. The van der Waals surface area contributed by atoms with Gasteiger partial charge in [-0.05, 0) is 50.8 Å². The lowest BCUT2D eigenvalue weighted by Crippen LogP contribution is -2.49. The van der Waals surface area contributed by atoms with Crippen LogP contribution in [-0.4, -0.2) is 66.5 Å². The fourth-order valence-electron chi connectivity index (χ4n) is 4.21. The number of likely N-dealkylation sites (tertiary alicyclic amines) is 2. The summed E-state index contributed by atoms with van der Waals surface area (Å²) in [5.41, 5.74) is 1.05. The van der Waals surface area contributed by atoms with Crippen molar-refractivity contribution in [3.63, 3.8) is 0 Å². The smallest absolute Gasteiger partial charge is 0.209 e. The van der Waals surface area contributed by atoms with Crippen LogP contribution in [0, 0.1) is 0 Å². The van der Waals surface area contributed by atoms with E-state index >= 15 is 0 Å². The highest BCUT2D eigenvalue weighted by Gasteiger charge is 2.35. The summed E-state index contributed by atoms with van der Waals surface area (Å²) < 4.78 is 6.17. The third-order valence-corrected chi connectivity index (χ3v) is 5.68. The van der Waals surface area contributed by atoms with E-state index in [0.717, 1.165) is 37.0 Å². The van der Waals surface area contributed by atoms with Crippen LogP contribution in [0.4, 0.5) is 0 Å². The minimum atomic E-state index is -0.136. The number of piperidine rings is 2. The molecule has 0 N–H and O–H groups in total. The Hall–Kier alpha value is -1.30. The van der Waals surface area contributed by atoms with Crippen molar-refractivity contribution >= 4 is 12.1 Å². The van der Waals surface area contributed by atoms with Gasteiger partial charge in [-0.15, -0.1) is 0 Å². The molecule has 24 heavy (non-hydrogen) atoms. The number of hydrogen-bond acceptors (Lipinski definition) is 5. The Morgan fingerprint density at radius 1 is 1.08 bits per heavy atom. The zero-order valence-electron chi connectivity index (χ0n) is 14.4. The molecule has 0 aromatic heterocycles. The van der Waals surface area contributed by atoms with E-state index in [9.17, 15) is 0 Å². The molecule has 0 aromatic carbocycles.